The van der Waals surface area contributed by atoms with E-state index in [1.54, 1.807) is 12.3 Å². The van der Waals surface area contributed by atoms with Gasteiger partial charge < -0.3 is 10.8 Å². The van der Waals surface area contributed by atoms with Gasteiger partial charge in [-0.05, 0) is 12.1 Å². The third kappa shape index (κ3) is 2.84. The van der Waals surface area contributed by atoms with Gasteiger partial charge in [-0.25, -0.2) is 0 Å². The molecule has 1 atom stereocenters. The molecule has 1 aromatic rings. The third-order valence-electron chi connectivity index (χ3n) is 1.26. The zero-order chi connectivity index (χ0) is 7.40. The van der Waals surface area contributed by atoms with Crippen molar-refractivity contribution in [1.29, 1.82) is 0 Å². The van der Waals surface area contributed by atoms with Crippen LogP contribution < -0.4 is 5.73 Å². The first kappa shape index (κ1) is 10.4. The SMILES string of the molecule is Cl.N[C@@H](CO)c1ccccn1. The maximum absolute atomic E-state index is 8.62. The standard InChI is InChI=1S/C7H10N2O.ClH/c8-6(5-10)7-3-1-2-4-9-7;/h1-4,6,10H,5,8H2;1H/t6-;/m0./s1. The Hall–Kier alpha value is -0.640. The monoisotopic (exact) mass is 174 g/mol. The number of nitrogens with two attached hydrogens (primary N) is 1. The van der Waals surface area contributed by atoms with E-state index in [-0.39, 0.29) is 25.1 Å². The van der Waals surface area contributed by atoms with E-state index in [4.69, 9.17) is 10.8 Å². The molecule has 1 aromatic heterocycles. The van der Waals surface area contributed by atoms with Crippen LogP contribution in [0.4, 0.5) is 0 Å². The van der Waals surface area contributed by atoms with Crippen LogP contribution in [0.3, 0.4) is 0 Å². The van der Waals surface area contributed by atoms with E-state index in [0.717, 1.165) is 5.69 Å². The van der Waals surface area contributed by atoms with Crippen molar-refractivity contribution in [3.05, 3.63) is 30.1 Å². The lowest BCUT2D eigenvalue weighted by atomic mass is 10.2. The van der Waals surface area contributed by atoms with Crippen molar-refractivity contribution in [3.8, 4) is 0 Å². The van der Waals surface area contributed by atoms with Crippen molar-refractivity contribution in [2.24, 2.45) is 5.73 Å². The lowest BCUT2D eigenvalue weighted by Gasteiger charge is -2.04. The minimum absolute atomic E-state index is 0. The Morgan fingerprint density at radius 3 is 2.73 bits per heavy atom. The van der Waals surface area contributed by atoms with Crippen molar-refractivity contribution in [2.45, 2.75) is 6.04 Å². The maximum atomic E-state index is 8.62. The van der Waals surface area contributed by atoms with E-state index < -0.39 is 0 Å². The molecule has 11 heavy (non-hydrogen) atoms. The minimum atomic E-state index is -0.346. The molecule has 1 rings (SSSR count). The Morgan fingerprint density at radius 2 is 2.27 bits per heavy atom. The van der Waals surface area contributed by atoms with Gasteiger partial charge in [-0.2, -0.15) is 0 Å². The van der Waals surface area contributed by atoms with Crippen LogP contribution in [0, 0.1) is 0 Å². The van der Waals surface area contributed by atoms with Crippen LogP contribution in [0.25, 0.3) is 0 Å². The van der Waals surface area contributed by atoms with E-state index in [9.17, 15) is 0 Å². The average Bonchev–Trinajstić information content (AvgIpc) is 2.05. The van der Waals surface area contributed by atoms with Gasteiger partial charge in [0.25, 0.3) is 0 Å². The zero-order valence-electron chi connectivity index (χ0n) is 5.97. The number of aromatic nitrogens is 1. The molecular weight excluding hydrogens is 164 g/mol. The predicted molar refractivity (Wildman–Crippen MR) is 45.5 cm³/mol. The summed E-state index contributed by atoms with van der Waals surface area (Å²) in [4.78, 5) is 3.96. The lowest BCUT2D eigenvalue weighted by molar-refractivity contribution is 0.266. The van der Waals surface area contributed by atoms with E-state index in [1.165, 1.54) is 0 Å². The van der Waals surface area contributed by atoms with Crippen molar-refractivity contribution in [3.63, 3.8) is 0 Å². The number of aliphatic hydroxyl groups is 1. The smallest absolute Gasteiger partial charge is 0.0704 e. The Balaban J connectivity index is 0.000001000. The molecule has 3 N–H and O–H groups in total. The van der Waals surface area contributed by atoms with Crippen LogP contribution >= 0.6 is 12.4 Å². The van der Waals surface area contributed by atoms with Crippen LogP contribution in [0.1, 0.15) is 11.7 Å². The average molecular weight is 175 g/mol. The normalized spacial score (nSPS) is 11.8. The molecule has 0 radical (unpaired) electrons. The Kier molecular flexibility index (Phi) is 4.77. The van der Waals surface area contributed by atoms with Gasteiger partial charge in [-0.1, -0.05) is 6.07 Å². The van der Waals surface area contributed by atoms with Crippen LogP contribution in [0.15, 0.2) is 24.4 Å². The Morgan fingerprint density at radius 1 is 1.55 bits per heavy atom. The van der Waals surface area contributed by atoms with Crippen molar-refractivity contribution < 1.29 is 5.11 Å². The number of halogens is 1. The molecule has 0 saturated heterocycles. The molecule has 0 unspecified atom stereocenters. The number of rotatable bonds is 2. The van der Waals surface area contributed by atoms with Gasteiger partial charge in [0, 0.05) is 6.20 Å². The molecule has 0 spiro atoms. The first-order chi connectivity index (χ1) is 4.84. The van der Waals surface area contributed by atoms with Crippen LogP contribution in [0.5, 0.6) is 0 Å². The molecule has 0 aromatic carbocycles. The van der Waals surface area contributed by atoms with Gasteiger partial charge >= 0.3 is 0 Å². The van der Waals surface area contributed by atoms with Crippen LogP contribution in [0.2, 0.25) is 0 Å². The molecule has 0 saturated carbocycles. The van der Waals surface area contributed by atoms with Gasteiger partial charge in [-0.3, -0.25) is 4.98 Å². The second-order valence-corrected chi connectivity index (χ2v) is 2.04. The van der Waals surface area contributed by atoms with E-state index >= 15 is 0 Å². The Labute approximate surface area is 71.7 Å². The maximum Gasteiger partial charge on any atom is 0.0704 e. The molecule has 1 heterocycles. The fourth-order valence-corrected chi connectivity index (χ4v) is 0.689. The molecule has 0 amide bonds. The van der Waals surface area contributed by atoms with Crippen molar-refractivity contribution >= 4 is 12.4 Å². The fourth-order valence-electron chi connectivity index (χ4n) is 0.689. The summed E-state index contributed by atoms with van der Waals surface area (Å²) in [6.07, 6.45) is 1.66. The molecule has 0 bridgehead atoms. The quantitative estimate of drug-likeness (QED) is 0.687. The predicted octanol–water partition coefficient (Wildman–Crippen LogP) is 0.496. The number of pyridine rings is 1. The molecule has 0 fully saturated rings. The molecule has 0 aliphatic heterocycles. The molecule has 4 heteroatoms. The third-order valence-corrected chi connectivity index (χ3v) is 1.26. The van der Waals surface area contributed by atoms with Gasteiger partial charge in [0.2, 0.25) is 0 Å². The summed E-state index contributed by atoms with van der Waals surface area (Å²) < 4.78 is 0. The van der Waals surface area contributed by atoms with Crippen LogP contribution in [-0.2, 0) is 0 Å². The van der Waals surface area contributed by atoms with Gasteiger partial charge in [0.15, 0.2) is 0 Å². The van der Waals surface area contributed by atoms with Gasteiger partial charge in [0.1, 0.15) is 0 Å². The summed E-state index contributed by atoms with van der Waals surface area (Å²) in [6.45, 7) is -0.0585. The topological polar surface area (TPSA) is 59.1 Å². The molecule has 3 nitrogen and oxygen atoms in total. The van der Waals surface area contributed by atoms with E-state index in [2.05, 4.69) is 4.98 Å². The first-order valence-electron chi connectivity index (χ1n) is 3.12. The number of aliphatic hydroxyl groups excluding tert-OH is 1. The Bertz CT molecular complexity index is 193. The van der Waals surface area contributed by atoms with E-state index in [0.29, 0.717) is 0 Å². The van der Waals surface area contributed by atoms with Gasteiger partial charge in [0.05, 0.1) is 18.3 Å². The number of nitrogens with zero attached hydrogens (tertiary/aromatic N) is 1. The summed E-state index contributed by atoms with van der Waals surface area (Å²) in [5, 5.41) is 8.62. The molecule has 0 aliphatic carbocycles. The minimum Gasteiger partial charge on any atom is -0.394 e. The summed E-state index contributed by atoms with van der Waals surface area (Å²) in [7, 11) is 0. The highest BCUT2D eigenvalue weighted by molar-refractivity contribution is 5.85. The highest BCUT2D eigenvalue weighted by atomic mass is 35.5. The zero-order valence-corrected chi connectivity index (χ0v) is 6.79. The summed E-state index contributed by atoms with van der Waals surface area (Å²) in [6, 6.07) is 5.10. The molecular formula is C7H11ClN2O. The molecule has 0 aliphatic rings. The van der Waals surface area contributed by atoms with Crippen LogP contribution in [-0.4, -0.2) is 16.7 Å². The summed E-state index contributed by atoms with van der Waals surface area (Å²) in [5.41, 5.74) is 6.21. The van der Waals surface area contributed by atoms with E-state index in [1.807, 2.05) is 12.1 Å². The van der Waals surface area contributed by atoms with Crippen molar-refractivity contribution in [2.75, 3.05) is 6.61 Å². The first-order valence-corrected chi connectivity index (χ1v) is 3.12. The second kappa shape index (κ2) is 5.07. The second-order valence-electron chi connectivity index (χ2n) is 2.04. The largest absolute Gasteiger partial charge is 0.394 e. The fraction of sp³-hybridized carbons (Fsp3) is 0.286. The van der Waals surface area contributed by atoms with Gasteiger partial charge in [-0.15, -0.1) is 12.4 Å². The lowest BCUT2D eigenvalue weighted by Crippen LogP contribution is -2.15. The summed E-state index contributed by atoms with van der Waals surface area (Å²) >= 11 is 0. The highest BCUT2D eigenvalue weighted by Gasteiger charge is 2.02. The summed E-state index contributed by atoms with van der Waals surface area (Å²) in [5.74, 6) is 0. The highest BCUT2D eigenvalue weighted by Crippen LogP contribution is 2.02. The number of hydrogen-bond acceptors (Lipinski definition) is 3. The molecule has 62 valence electrons. The van der Waals surface area contributed by atoms with Crippen molar-refractivity contribution in [1.82, 2.24) is 4.98 Å². The number of hydrogen-bond donors (Lipinski definition) is 2.